The topological polar surface area (TPSA) is 17.1 Å². The smallest absolute Gasteiger partial charge is 0.150 e. The summed E-state index contributed by atoms with van der Waals surface area (Å²) in [5.41, 5.74) is 3.29. The van der Waals surface area contributed by atoms with Crippen LogP contribution in [0.15, 0.2) is 30.3 Å². The van der Waals surface area contributed by atoms with Gasteiger partial charge in [0.15, 0.2) is 0 Å². The molecular formula is C13H12O. The molecule has 2 rings (SSSR count). The molecule has 1 nitrogen and oxygen atoms in total. The van der Waals surface area contributed by atoms with Gasteiger partial charge in [0, 0.05) is 5.56 Å². The summed E-state index contributed by atoms with van der Waals surface area (Å²) in [5, 5.41) is 2.33. The van der Waals surface area contributed by atoms with Gasteiger partial charge in [0.25, 0.3) is 0 Å². The molecule has 0 atom stereocenters. The molecule has 0 heterocycles. The van der Waals surface area contributed by atoms with E-state index < -0.39 is 0 Å². The van der Waals surface area contributed by atoms with Crippen molar-refractivity contribution in [3.63, 3.8) is 0 Å². The molecule has 0 aliphatic heterocycles. The highest BCUT2D eigenvalue weighted by molar-refractivity contribution is 5.89. The van der Waals surface area contributed by atoms with Crippen molar-refractivity contribution < 1.29 is 4.79 Å². The SMILES string of the molecule is Cc1cc2ccc(C=O)cc2cc1C. The molecule has 2 aromatic carbocycles. The summed E-state index contributed by atoms with van der Waals surface area (Å²) >= 11 is 0. The highest BCUT2D eigenvalue weighted by Gasteiger charge is 1.98. The van der Waals surface area contributed by atoms with Gasteiger partial charge in [-0.1, -0.05) is 24.3 Å². The Kier molecular flexibility index (Phi) is 2.08. The van der Waals surface area contributed by atoms with Crippen molar-refractivity contribution in [3.8, 4) is 0 Å². The maximum Gasteiger partial charge on any atom is 0.150 e. The van der Waals surface area contributed by atoms with Crippen LogP contribution in [-0.4, -0.2) is 6.29 Å². The number of carbonyl (C=O) groups excluding carboxylic acids is 1. The van der Waals surface area contributed by atoms with Gasteiger partial charge < -0.3 is 0 Å². The molecule has 0 bridgehead atoms. The summed E-state index contributed by atoms with van der Waals surface area (Å²) in [6, 6.07) is 10.0. The average molecular weight is 184 g/mol. The van der Waals surface area contributed by atoms with Crippen LogP contribution >= 0.6 is 0 Å². The van der Waals surface area contributed by atoms with Crippen molar-refractivity contribution in [1.82, 2.24) is 0 Å². The first-order valence-electron chi connectivity index (χ1n) is 4.67. The van der Waals surface area contributed by atoms with E-state index in [0.717, 1.165) is 17.2 Å². The van der Waals surface area contributed by atoms with Gasteiger partial charge in [-0.3, -0.25) is 4.79 Å². The van der Waals surface area contributed by atoms with Gasteiger partial charge in [0.2, 0.25) is 0 Å². The van der Waals surface area contributed by atoms with E-state index in [2.05, 4.69) is 26.0 Å². The van der Waals surface area contributed by atoms with Crippen molar-refractivity contribution in [1.29, 1.82) is 0 Å². The summed E-state index contributed by atoms with van der Waals surface area (Å²) in [5.74, 6) is 0. The number of aryl methyl sites for hydroxylation is 2. The van der Waals surface area contributed by atoms with Crippen molar-refractivity contribution in [3.05, 3.63) is 47.0 Å². The monoisotopic (exact) mass is 184 g/mol. The molecule has 0 amide bonds. The van der Waals surface area contributed by atoms with Gasteiger partial charge in [0.05, 0.1) is 0 Å². The summed E-state index contributed by atoms with van der Waals surface area (Å²) < 4.78 is 0. The van der Waals surface area contributed by atoms with Crippen LogP contribution < -0.4 is 0 Å². The van der Waals surface area contributed by atoms with Crippen molar-refractivity contribution in [2.75, 3.05) is 0 Å². The maximum atomic E-state index is 10.6. The van der Waals surface area contributed by atoms with Crippen molar-refractivity contribution >= 4 is 17.1 Å². The minimum atomic E-state index is 0.737. The zero-order valence-electron chi connectivity index (χ0n) is 8.37. The van der Waals surface area contributed by atoms with Gasteiger partial charge >= 0.3 is 0 Å². The van der Waals surface area contributed by atoms with Crippen LogP contribution in [0.25, 0.3) is 10.8 Å². The Bertz CT molecular complexity index is 498. The lowest BCUT2D eigenvalue weighted by Gasteiger charge is -2.03. The minimum absolute atomic E-state index is 0.737. The summed E-state index contributed by atoms with van der Waals surface area (Å²) in [4.78, 5) is 10.6. The van der Waals surface area contributed by atoms with Gasteiger partial charge in [-0.25, -0.2) is 0 Å². The molecule has 0 unspecified atom stereocenters. The van der Waals surface area contributed by atoms with Crippen LogP contribution in [0.2, 0.25) is 0 Å². The Morgan fingerprint density at radius 1 is 0.929 bits per heavy atom. The Labute approximate surface area is 83.4 Å². The van der Waals surface area contributed by atoms with E-state index >= 15 is 0 Å². The number of benzene rings is 2. The lowest BCUT2D eigenvalue weighted by Crippen LogP contribution is -1.84. The third-order valence-corrected chi connectivity index (χ3v) is 2.61. The third kappa shape index (κ3) is 1.41. The zero-order chi connectivity index (χ0) is 10.1. The molecule has 2 aromatic rings. The van der Waals surface area contributed by atoms with Crippen LogP contribution in [-0.2, 0) is 0 Å². The highest BCUT2D eigenvalue weighted by Crippen LogP contribution is 2.20. The quantitative estimate of drug-likeness (QED) is 0.622. The minimum Gasteiger partial charge on any atom is -0.298 e. The van der Waals surface area contributed by atoms with Crippen molar-refractivity contribution in [2.45, 2.75) is 13.8 Å². The molecule has 14 heavy (non-hydrogen) atoms. The number of carbonyl (C=O) groups is 1. The fraction of sp³-hybridized carbons (Fsp3) is 0.154. The second kappa shape index (κ2) is 3.26. The molecule has 0 radical (unpaired) electrons. The number of aldehydes is 1. The Balaban J connectivity index is 2.76. The zero-order valence-corrected chi connectivity index (χ0v) is 8.37. The first-order chi connectivity index (χ1) is 6.70. The molecule has 0 fully saturated rings. The van der Waals surface area contributed by atoms with Crippen LogP contribution in [0.3, 0.4) is 0 Å². The average Bonchev–Trinajstić information content (AvgIpc) is 2.19. The second-order valence-electron chi connectivity index (χ2n) is 3.66. The van der Waals surface area contributed by atoms with E-state index in [1.54, 1.807) is 0 Å². The predicted molar refractivity (Wildman–Crippen MR) is 58.8 cm³/mol. The number of hydrogen-bond acceptors (Lipinski definition) is 1. The van der Waals surface area contributed by atoms with Gasteiger partial charge in [-0.05, 0) is 41.8 Å². The lowest BCUT2D eigenvalue weighted by molar-refractivity contribution is 0.112. The maximum absolute atomic E-state index is 10.6. The predicted octanol–water partition coefficient (Wildman–Crippen LogP) is 3.27. The summed E-state index contributed by atoms with van der Waals surface area (Å²) in [6.45, 7) is 4.19. The molecular weight excluding hydrogens is 172 g/mol. The van der Waals surface area contributed by atoms with E-state index in [-0.39, 0.29) is 0 Å². The molecule has 0 aliphatic rings. The molecule has 0 aromatic heterocycles. The fourth-order valence-corrected chi connectivity index (χ4v) is 1.62. The number of fused-ring (bicyclic) bond motifs is 1. The first-order valence-corrected chi connectivity index (χ1v) is 4.67. The Hall–Kier alpha value is -1.63. The van der Waals surface area contributed by atoms with Gasteiger partial charge in [-0.15, -0.1) is 0 Å². The molecule has 0 saturated carbocycles. The van der Waals surface area contributed by atoms with Crippen molar-refractivity contribution in [2.24, 2.45) is 0 Å². The van der Waals surface area contributed by atoms with E-state index in [4.69, 9.17) is 0 Å². The van der Waals surface area contributed by atoms with E-state index in [1.807, 2.05) is 18.2 Å². The van der Waals surface area contributed by atoms with Crippen LogP contribution in [0.5, 0.6) is 0 Å². The summed E-state index contributed by atoms with van der Waals surface area (Å²) in [7, 11) is 0. The summed E-state index contributed by atoms with van der Waals surface area (Å²) in [6.07, 6.45) is 0.884. The van der Waals surface area contributed by atoms with Crippen LogP contribution in [0.4, 0.5) is 0 Å². The molecule has 0 aliphatic carbocycles. The molecule has 0 N–H and O–H groups in total. The van der Waals surface area contributed by atoms with Crippen LogP contribution in [0, 0.1) is 13.8 Å². The Morgan fingerprint density at radius 3 is 2.21 bits per heavy atom. The van der Waals surface area contributed by atoms with Crippen LogP contribution in [0.1, 0.15) is 21.5 Å². The molecule has 1 heteroatoms. The third-order valence-electron chi connectivity index (χ3n) is 2.61. The van der Waals surface area contributed by atoms with Gasteiger partial charge in [-0.2, -0.15) is 0 Å². The van der Waals surface area contributed by atoms with Gasteiger partial charge in [0.1, 0.15) is 6.29 Å². The molecule has 0 saturated heterocycles. The second-order valence-corrected chi connectivity index (χ2v) is 3.66. The molecule has 70 valence electrons. The number of rotatable bonds is 1. The normalized spacial score (nSPS) is 10.4. The van der Waals surface area contributed by atoms with E-state index in [9.17, 15) is 4.79 Å². The fourth-order valence-electron chi connectivity index (χ4n) is 1.62. The molecule has 0 spiro atoms. The van der Waals surface area contributed by atoms with E-state index in [1.165, 1.54) is 16.5 Å². The first kappa shape index (κ1) is 8.95. The highest BCUT2D eigenvalue weighted by atomic mass is 16.1. The number of hydrogen-bond donors (Lipinski definition) is 0. The Morgan fingerprint density at radius 2 is 1.57 bits per heavy atom. The standard InChI is InChI=1S/C13H12O/c1-9-5-12-4-3-11(8-14)7-13(12)6-10(9)2/h3-8H,1-2H3. The van der Waals surface area contributed by atoms with E-state index in [0.29, 0.717) is 0 Å². The lowest BCUT2D eigenvalue weighted by atomic mass is 10.0. The largest absolute Gasteiger partial charge is 0.298 e.